The summed E-state index contributed by atoms with van der Waals surface area (Å²) < 4.78 is 28.0. The Morgan fingerprint density at radius 2 is 1.24 bits per heavy atom. The van der Waals surface area contributed by atoms with E-state index in [-0.39, 0.29) is 12.5 Å². The molecule has 1 aliphatic rings. The molecule has 1 fully saturated rings. The number of esters is 4. The Bertz CT molecular complexity index is 1450. The van der Waals surface area contributed by atoms with E-state index in [4.69, 9.17) is 23.7 Å². The molecule has 1 aliphatic heterocycles. The SMILES string of the molecule is CC(=O)Nc1cc(NC(C)=O)c(S[C@@H]2O[C@H](COC(C)=O)[C@H](OC(C)=O)[C@H](OC(C)=O)[C@H]2OC(C)=O)cc1SCc1ccccc1. The van der Waals surface area contributed by atoms with Gasteiger partial charge in [-0.3, -0.25) is 28.8 Å². The molecule has 0 radical (unpaired) electrons. The fourth-order valence-electron chi connectivity index (χ4n) is 4.50. The summed E-state index contributed by atoms with van der Waals surface area (Å²) in [5.74, 6) is -3.05. The largest absolute Gasteiger partial charge is 0.463 e. The predicted octanol–water partition coefficient (Wildman–Crippen LogP) is 4.07. The van der Waals surface area contributed by atoms with E-state index in [2.05, 4.69) is 10.6 Å². The van der Waals surface area contributed by atoms with Crippen LogP contribution in [-0.4, -0.2) is 72.2 Å². The van der Waals surface area contributed by atoms with Gasteiger partial charge in [0.15, 0.2) is 18.3 Å². The van der Waals surface area contributed by atoms with E-state index in [0.29, 0.717) is 26.9 Å². The van der Waals surface area contributed by atoms with E-state index in [1.165, 1.54) is 32.5 Å². The van der Waals surface area contributed by atoms with Crippen molar-refractivity contribution in [3.05, 3.63) is 48.0 Å². The van der Waals surface area contributed by atoms with Gasteiger partial charge in [0.25, 0.3) is 0 Å². The lowest BCUT2D eigenvalue weighted by Gasteiger charge is -2.44. The number of thioether (sulfide) groups is 2. The lowest BCUT2D eigenvalue weighted by molar-refractivity contribution is -0.237. The third-order valence-electron chi connectivity index (χ3n) is 6.13. The molecule has 0 aliphatic carbocycles. The van der Waals surface area contributed by atoms with Crippen LogP contribution in [0.25, 0.3) is 0 Å². The molecule has 0 aromatic heterocycles. The number of carbonyl (C=O) groups excluding carboxylic acids is 6. The maximum Gasteiger partial charge on any atom is 0.303 e. The zero-order chi connectivity index (χ0) is 34.0. The first-order valence-corrected chi connectivity index (χ1v) is 16.0. The van der Waals surface area contributed by atoms with E-state index in [9.17, 15) is 28.8 Å². The van der Waals surface area contributed by atoms with Gasteiger partial charge in [-0.1, -0.05) is 42.1 Å². The van der Waals surface area contributed by atoms with Gasteiger partial charge in [0.1, 0.15) is 18.1 Å². The van der Waals surface area contributed by atoms with Crippen molar-refractivity contribution >= 4 is 70.6 Å². The molecule has 1 heterocycles. The molecule has 2 N–H and O–H groups in total. The summed E-state index contributed by atoms with van der Waals surface area (Å²) in [4.78, 5) is 73.7. The van der Waals surface area contributed by atoms with Gasteiger partial charge in [-0.15, -0.1) is 11.8 Å². The van der Waals surface area contributed by atoms with Crippen molar-refractivity contribution in [2.45, 2.75) is 86.9 Å². The van der Waals surface area contributed by atoms with Gasteiger partial charge in [-0.05, 0) is 17.7 Å². The second kappa shape index (κ2) is 17.0. The standard InChI is InChI=1S/C31H36N2O11S2/c1-16(34)32-23-12-24(33-17(2)35)27(13-26(23)45-15-22-10-8-7-9-11-22)46-31-30(43-21(6)39)29(42-20(5)38)28(41-19(4)37)25(44-31)14-40-18(3)36/h7-13,25,28-31H,14-15H2,1-6H3,(H,32,34)(H,33,35)/t25-,28+,29+,30-,31+/m1/s1. The number of anilines is 2. The summed E-state index contributed by atoms with van der Waals surface area (Å²) in [6.07, 6.45) is -5.12. The van der Waals surface area contributed by atoms with E-state index >= 15 is 0 Å². The van der Waals surface area contributed by atoms with Crippen LogP contribution in [0, 0.1) is 0 Å². The fraction of sp³-hybridized carbons (Fsp3) is 0.419. The van der Waals surface area contributed by atoms with Gasteiger partial charge in [-0.2, -0.15) is 0 Å². The molecule has 5 atom stereocenters. The summed E-state index contributed by atoms with van der Waals surface area (Å²) >= 11 is 2.46. The lowest BCUT2D eigenvalue weighted by atomic mass is 9.99. The van der Waals surface area contributed by atoms with Crippen molar-refractivity contribution in [3.63, 3.8) is 0 Å². The molecule has 15 heteroatoms. The van der Waals surface area contributed by atoms with Crippen LogP contribution in [0.1, 0.15) is 47.1 Å². The van der Waals surface area contributed by atoms with Gasteiger partial charge in [0, 0.05) is 57.1 Å². The van der Waals surface area contributed by atoms with Crippen LogP contribution in [0.5, 0.6) is 0 Å². The van der Waals surface area contributed by atoms with Crippen LogP contribution < -0.4 is 10.6 Å². The summed E-state index contributed by atoms with van der Waals surface area (Å²) in [7, 11) is 0. The summed E-state index contributed by atoms with van der Waals surface area (Å²) in [6, 6.07) is 13.0. The average Bonchev–Trinajstić information content (AvgIpc) is 2.94. The quantitative estimate of drug-likeness (QED) is 0.187. The molecule has 2 amide bonds. The maximum atomic E-state index is 12.3. The maximum absolute atomic E-state index is 12.3. The third kappa shape index (κ3) is 11.1. The number of carbonyl (C=O) groups is 6. The van der Waals surface area contributed by atoms with Crippen molar-refractivity contribution < 1.29 is 52.5 Å². The first-order chi connectivity index (χ1) is 21.7. The van der Waals surface area contributed by atoms with Crippen LogP contribution >= 0.6 is 23.5 Å². The molecule has 1 saturated heterocycles. The van der Waals surface area contributed by atoms with E-state index < -0.39 is 59.6 Å². The van der Waals surface area contributed by atoms with Crippen molar-refractivity contribution in [2.75, 3.05) is 17.2 Å². The van der Waals surface area contributed by atoms with Crippen LogP contribution in [0.3, 0.4) is 0 Å². The van der Waals surface area contributed by atoms with Gasteiger partial charge >= 0.3 is 23.9 Å². The van der Waals surface area contributed by atoms with Crippen molar-refractivity contribution in [1.82, 2.24) is 0 Å². The topological polar surface area (TPSA) is 173 Å². The molecule has 0 bridgehead atoms. The Labute approximate surface area is 274 Å². The zero-order valence-corrected chi connectivity index (χ0v) is 27.8. The van der Waals surface area contributed by atoms with Crippen LogP contribution in [0.4, 0.5) is 11.4 Å². The zero-order valence-electron chi connectivity index (χ0n) is 26.1. The molecule has 0 spiro atoms. The second-order valence-corrected chi connectivity index (χ2v) is 12.3. The van der Waals surface area contributed by atoms with E-state index in [1.54, 1.807) is 12.1 Å². The molecule has 2 aromatic rings. The number of rotatable bonds is 12. The van der Waals surface area contributed by atoms with Crippen LogP contribution in [-0.2, 0) is 58.2 Å². The number of ether oxygens (including phenoxy) is 5. The minimum atomic E-state index is -1.35. The first kappa shape index (κ1) is 36.4. The number of benzene rings is 2. The highest BCUT2D eigenvalue weighted by Gasteiger charge is 2.52. The smallest absolute Gasteiger partial charge is 0.303 e. The normalized spacial score (nSPS) is 20.5. The number of hydrogen-bond acceptors (Lipinski definition) is 13. The van der Waals surface area contributed by atoms with Gasteiger partial charge in [0.2, 0.25) is 11.8 Å². The van der Waals surface area contributed by atoms with Crippen molar-refractivity contribution in [3.8, 4) is 0 Å². The predicted molar refractivity (Wildman–Crippen MR) is 169 cm³/mol. The highest BCUT2D eigenvalue weighted by Crippen LogP contribution is 2.44. The Kier molecular flexibility index (Phi) is 13.5. The number of nitrogens with one attached hydrogen (secondary N) is 2. The van der Waals surface area contributed by atoms with Gasteiger partial charge < -0.3 is 34.3 Å². The highest BCUT2D eigenvalue weighted by atomic mass is 32.2. The minimum Gasteiger partial charge on any atom is -0.463 e. The van der Waals surface area contributed by atoms with Crippen molar-refractivity contribution in [2.24, 2.45) is 0 Å². The van der Waals surface area contributed by atoms with Crippen LogP contribution in [0.2, 0.25) is 0 Å². The van der Waals surface area contributed by atoms with Gasteiger partial charge in [0.05, 0.1) is 11.4 Å². The molecule has 0 unspecified atom stereocenters. The summed E-state index contributed by atoms with van der Waals surface area (Å²) in [5, 5.41) is 5.56. The molecular weight excluding hydrogens is 640 g/mol. The number of hydrogen-bond donors (Lipinski definition) is 2. The summed E-state index contributed by atoms with van der Waals surface area (Å²) in [6.45, 7) is 6.92. The Morgan fingerprint density at radius 1 is 0.696 bits per heavy atom. The van der Waals surface area contributed by atoms with Crippen LogP contribution in [0.15, 0.2) is 52.3 Å². The fourth-order valence-corrected chi connectivity index (χ4v) is 6.77. The minimum absolute atomic E-state index is 0.304. The van der Waals surface area contributed by atoms with E-state index in [0.717, 1.165) is 38.1 Å². The Balaban J connectivity index is 2.13. The average molecular weight is 677 g/mol. The second-order valence-electron chi connectivity index (χ2n) is 10.2. The molecule has 3 rings (SSSR count). The molecule has 2 aromatic carbocycles. The number of amides is 2. The molecular formula is C31H36N2O11S2. The Hall–Kier alpha value is -4.08. The Morgan fingerprint density at radius 3 is 1.78 bits per heavy atom. The van der Waals surface area contributed by atoms with E-state index in [1.807, 2.05) is 30.3 Å². The van der Waals surface area contributed by atoms with Crippen molar-refractivity contribution in [1.29, 1.82) is 0 Å². The highest BCUT2D eigenvalue weighted by molar-refractivity contribution is 8.00. The summed E-state index contributed by atoms with van der Waals surface area (Å²) in [5.41, 5.74) is 0.647. The molecule has 248 valence electrons. The molecule has 0 saturated carbocycles. The third-order valence-corrected chi connectivity index (χ3v) is 8.46. The molecule has 46 heavy (non-hydrogen) atoms. The monoisotopic (exact) mass is 676 g/mol. The first-order valence-electron chi connectivity index (χ1n) is 14.1. The van der Waals surface area contributed by atoms with Gasteiger partial charge in [-0.25, -0.2) is 0 Å². The lowest BCUT2D eigenvalue weighted by Crippen LogP contribution is -2.61. The molecule has 13 nitrogen and oxygen atoms in total.